The highest BCUT2D eigenvalue weighted by atomic mass is 31.2. The summed E-state index contributed by atoms with van der Waals surface area (Å²) in [6.07, 6.45) is 4.04. The quantitative estimate of drug-likeness (QED) is 0.128. The zero-order chi connectivity index (χ0) is 25.5. The fourth-order valence-corrected chi connectivity index (χ4v) is 8.70. The van der Waals surface area contributed by atoms with E-state index in [4.69, 9.17) is 9.15 Å². The number of carbonyl (C=O) groups excluding carboxylic acids is 1. The van der Waals surface area contributed by atoms with Crippen molar-refractivity contribution in [2.45, 2.75) is 6.16 Å². The van der Waals surface area contributed by atoms with Crippen molar-refractivity contribution in [2.75, 3.05) is 7.11 Å². The molecule has 0 aliphatic carbocycles. The number of furan rings is 1. The average molecular weight is 504 g/mol. The number of methoxy groups -OCH3 is 1. The van der Waals surface area contributed by atoms with E-state index in [2.05, 4.69) is 91.0 Å². The molecule has 0 aliphatic rings. The SMILES string of the molecule is COc1ccc(C(=O)/C=C/c2ccc(C[P+](c3ccccc3)(c3ccccc3)c3ccccc3)o2)cc1. The third-order valence-electron chi connectivity index (χ3n) is 6.44. The second-order valence-electron chi connectivity index (χ2n) is 8.70. The minimum Gasteiger partial charge on any atom is -0.497 e. The van der Waals surface area contributed by atoms with E-state index >= 15 is 0 Å². The fraction of sp³-hybridized carbons (Fsp3) is 0.0606. The standard InChI is InChI=1S/C33H28O3P/c1-35-27-19-17-26(18-20-27)33(34)24-23-28-21-22-29(36-28)25-37(30-11-5-2-6-12-30,31-13-7-3-8-14-31)32-15-9-4-10-16-32/h2-24H,25H2,1H3/q+1/b24-23+. The number of hydrogen-bond donors (Lipinski definition) is 0. The van der Waals surface area contributed by atoms with Gasteiger partial charge in [0.2, 0.25) is 0 Å². The third kappa shape index (κ3) is 5.33. The molecule has 37 heavy (non-hydrogen) atoms. The Balaban J connectivity index is 1.49. The largest absolute Gasteiger partial charge is 0.497 e. The minimum atomic E-state index is -2.05. The van der Waals surface area contributed by atoms with E-state index in [9.17, 15) is 4.79 Å². The molecule has 0 N–H and O–H groups in total. The first kappa shape index (κ1) is 24.5. The Labute approximate surface area is 218 Å². The first-order chi connectivity index (χ1) is 18.2. The van der Waals surface area contributed by atoms with E-state index in [1.165, 1.54) is 15.9 Å². The normalized spacial score (nSPS) is 11.5. The molecule has 3 nitrogen and oxygen atoms in total. The van der Waals surface area contributed by atoms with Crippen molar-refractivity contribution in [2.24, 2.45) is 0 Å². The molecule has 0 bridgehead atoms. The Morgan fingerprint density at radius 3 is 1.70 bits per heavy atom. The Morgan fingerprint density at radius 1 is 0.703 bits per heavy atom. The third-order valence-corrected chi connectivity index (χ3v) is 10.8. The van der Waals surface area contributed by atoms with Crippen LogP contribution in [0.2, 0.25) is 0 Å². The predicted octanol–water partition coefficient (Wildman–Crippen LogP) is 6.68. The lowest BCUT2D eigenvalue weighted by Gasteiger charge is -2.26. The molecule has 0 fully saturated rings. The number of carbonyl (C=O) groups is 1. The van der Waals surface area contributed by atoms with Crippen molar-refractivity contribution in [3.05, 3.63) is 151 Å². The Kier molecular flexibility index (Phi) is 7.44. The predicted molar refractivity (Wildman–Crippen MR) is 154 cm³/mol. The Morgan fingerprint density at radius 2 is 1.22 bits per heavy atom. The number of hydrogen-bond acceptors (Lipinski definition) is 3. The van der Waals surface area contributed by atoms with Crippen molar-refractivity contribution >= 4 is 35.0 Å². The van der Waals surface area contributed by atoms with Gasteiger partial charge in [0.1, 0.15) is 46.6 Å². The van der Waals surface area contributed by atoms with Crippen molar-refractivity contribution in [1.29, 1.82) is 0 Å². The molecule has 0 atom stereocenters. The number of rotatable bonds is 9. The molecule has 5 rings (SSSR count). The summed E-state index contributed by atoms with van der Waals surface area (Å²) in [6, 6.07) is 43.2. The van der Waals surface area contributed by atoms with Crippen LogP contribution in [0, 0.1) is 0 Å². The van der Waals surface area contributed by atoms with Crippen molar-refractivity contribution in [3.63, 3.8) is 0 Å². The molecule has 1 aromatic heterocycles. The average Bonchev–Trinajstić information content (AvgIpc) is 3.43. The lowest BCUT2D eigenvalue weighted by molar-refractivity contribution is 0.104. The van der Waals surface area contributed by atoms with Gasteiger partial charge in [0.25, 0.3) is 0 Å². The molecule has 4 heteroatoms. The van der Waals surface area contributed by atoms with Gasteiger partial charge in [-0.3, -0.25) is 4.79 Å². The van der Waals surface area contributed by atoms with E-state index in [0.717, 1.165) is 17.7 Å². The first-order valence-corrected chi connectivity index (χ1v) is 14.2. The van der Waals surface area contributed by atoms with Gasteiger partial charge < -0.3 is 9.15 Å². The van der Waals surface area contributed by atoms with Gasteiger partial charge in [-0.2, -0.15) is 0 Å². The maximum absolute atomic E-state index is 12.6. The van der Waals surface area contributed by atoms with E-state index in [1.807, 2.05) is 12.1 Å². The number of ketones is 1. The molecule has 0 radical (unpaired) electrons. The molecule has 5 aromatic rings. The van der Waals surface area contributed by atoms with Gasteiger partial charge >= 0.3 is 0 Å². The Hall–Kier alpha value is -4.20. The van der Waals surface area contributed by atoms with Crippen LogP contribution >= 0.6 is 7.26 Å². The molecular weight excluding hydrogens is 475 g/mol. The lowest BCUT2D eigenvalue weighted by atomic mass is 10.1. The first-order valence-electron chi connectivity index (χ1n) is 12.2. The van der Waals surface area contributed by atoms with Gasteiger partial charge in [0.15, 0.2) is 5.78 Å². The molecule has 1 heterocycles. The van der Waals surface area contributed by atoms with Crippen LogP contribution in [0.5, 0.6) is 5.75 Å². The van der Waals surface area contributed by atoms with Crippen LogP contribution in [0.4, 0.5) is 0 Å². The fourth-order valence-electron chi connectivity index (χ4n) is 4.58. The van der Waals surface area contributed by atoms with Gasteiger partial charge in [-0.15, -0.1) is 0 Å². The molecule has 0 aliphatic heterocycles. The van der Waals surface area contributed by atoms with Crippen LogP contribution in [0.15, 0.2) is 138 Å². The van der Waals surface area contributed by atoms with Crippen LogP contribution in [-0.2, 0) is 6.16 Å². The molecule has 0 unspecified atom stereocenters. The molecular formula is C33H28O3P+. The summed E-state index contributed by atoms with van der Waals surface area (Å²) >= 11 is 0. The maximum atomic E-state index is 12.6. The molecule has 4 aromatic carbocycles. The summed E-state index contributed by atoms with van der Waals surface area (Å²) in [7, 11) is -0.445. The molecule has 0 saturated carbocycles. The Bertz CT molecular complexity index is 1370. The van der Waals surface area contributed by atoms with Crippen molar-refractivity contribution in [1.82, 2.24) is 0 Å². The van der Waals surface area contributed by atoms with Gasteiger partial charge in [0, 0.05) is 5.56 Å². The topological polar surface area (TPSA) is 39.4 Å². The number of ether oxygens (including phenoxy) is 1. The monoisotopic (exact) mass is 503 g/mol. The summed E-state index contributed by atoms with van der Waals surface area (Å²) in [6.45, 7) is 0. The zero-order valence-electron chi connectivity index (χ0n) is 20.7. The number of allylic oxidation sites excluding steroid dienone is 1. The highest BCUT2D eigenvalue weighted by Gasteiger charge is 2.46. The van der Waals surface area contributed by atoms with E-state index in [0.29, 0.717) is 11.3 Å². The lowest BCUT2D eigenvalue weighted by Crippen LogP contribution is -2.32. The summed E-state index contributed by atoms with van der Waals surface area (Å²) in [5, 5.41) is 3.90. The molecule has 182 valence electrons. The van der Waals surface area contributed by atoms with E-state index < -0.39 is 7.26 Å². The second-order valence-corrected chi connectivity index (χ2v) is 12.2. The van der Waals surface area contributed by atoms with Crippen LogP contribution in [0.25, 0.3) is 6.08 Å². The highest BCUT2D eigenvalue weighted by Crippen LogP contribution is 2.58. The second kappa shape index (κ2) is 11.2. The molecule has 0 amide bonds. The van der Waals surface area contributed by atoms with Crippen molar-refractivity contribution in [3.8, 4) is 5.75 Å². The van der Waals surface area contributed by atoms with Crippen LogP contribution in [-0.4, -0.2) is 12.9 Å². The smallest absolute Gasteiger partial charge is 0.185 e. The molecule has 0 spiro atoms. The molecule has 0 saturated heterocycles. The van der Waals surface area contributed by atoms with Crippen LogP contribution in [0.3, 0.4) is 0 Å². The van der Waals surface area contributed by atoms with Gasteiger partial charge in [-0.05, 0) is 84.9 Å². The maximum Gasteiger partial charge on any atom is 0.185 e. The minimum absolute atomic E-state index is 0.0830. The van der Waals surface area contributed by atoms with Gasteiger partial charge in [-0.25, -0.2) is 0 Å². The number of benzene rings is 4. The summed E-state index contributed by atoms with van der Waals surface area (Å²) in [5.74, 6) is 2.18. The van der Waals surface area contributed by atoms with E-state index in [-0.39, 0.29) is 5.78 Å². The highest BCUT2D eigenvalue weighted by molar-refractivity contribution is 7.95. The summed E-state index contributed by atoms with van der Waals surface area (Å²) in [5.41, 5.74) is 0.603. The zero-order valence-corrected chi connectivity index (χ0v) is 21.6. The van der Waals surface area contributed by atoms with Crippen LogP contribution < -0.4 is 20.7 Å². The van der Waals surface area contributed by atoms with E-state index in [1.54, 1.807) is 43.5 Å². The summed E-state index contributed by atoms with van der Waals surface area (Å²) < 4.78 is 11.5. The van der Waals surface area contributed by atoms with Gasteiger partial charge in [0.05, 0.1) is 7.11 Å². The van der Waals surface area contributed by atoms with Crippen molar-refractivity contribution < 1.29 is 13.9 Å². The summed E-state index contributed by atoms with van der Waals surface area (Å²) in [4.78, 5) is 12.6. The van der Waals surface area contributed by atoms with Gasteiger partial charge in [-0.1, -0.05) is 54.6 Å². The van der Waals surface area contributed by atoms with Crippen LogP contribution in [0.1, 0.15) is 21.9 Å².